The van der Waals surface area contributed by atoms with Gasteiger partial charge in [-0.15, -0.1) is 10.2 Å². The van der Waals surface area contributed by atoms with E-state index in [1.165, 1.54) is 35.2 Å². The quantitative estimate of drug-likeness (QED) is 0.696. The lowest BCUT2D eigenvalue weighted by Gasteiger charge is -2.19. The molecule has 1 heterocycles. The van der Waals surface area contributed by atoms with Crippen LogP contribution in [0, 0.1) is 0 Å². The molecule has 0 aliphatic carbocycles. The average Bonchev–Trinajstić information content (AvgIpc) is 3.00. The van der Waals surface area contributed by atoms with E-state index >= 15 is 0 Å². The molecule has 0 saturated carbocycles. The van der Waals surface area contributed by atoms with Crippen molar-refractivity contribution in [1.29, 1.82) is 0 Å². The van der Waals surface area contributed by atoms with E-state index in [-0.39, 0.29) is 12.4 Å². The Bertz CT molecular complexity index is 665. The highest BCUT2D eigenvalue weighted by Gasteiger charge is 2.30. The van der Waals surface area contributed by atoms with E-state index < -0.39 is 17.8 Å². The number of likely N-dealkylation sites (N-methyl/N-ethyl adjacent to an activating group) is 1. The van der Waals surface area contributed by atoms with E-state index in [4.69, 9.17) is 4.74 Å². The summed E-state index contributed by atoms with van der Waals surface area (Å²) in [5.41, 5.74) is -0.734. The number of benzene rings is 1. The predicted molar refractivity (Wildman–Crippen MR) is 91.0 cm³/mol. The highest BCUT2D eigenvalue weighted by molar-refractivity contribution is 8.00. The van der Waals surface area contributed by atoms with Gasteiger partial charge in [-0.1, -0.05) is 23.1 Å². The second kappa shape index (κ2) is 8.84. The molecule has 10 heteroatoms. The maximum atomic E-state index is 12.5. The van der Waals surface area contributed by atoms with Crippen molar-refractivity contribution in [3.8, 4) is 5.75 Å². The third kappa shape index (κ3) is 6.46. The van der Waals surface area contributed by atoms with E-state index in [2.05, 4.69) is 10.2 Å². The molecule has 0 aliphatic rings. The highest BCUT2D eigenvalue weighted by atomic mass is 32.2. The van der Waals surface area contributed by atoms with Gasteiger partial charge in [0.2, 0.25) is 0 Å². The SMILES string of the molecule is CSc1nnc(CN(C)CC(O)COc2ccc(C(F)(F)F)cc2)s1. The normalized spacial score (nSPS) is 13.2. The first-order valence-corrected chi connectivity index (χ1v) is 9.35. The minimum absolute atomic E-state index is 0.0120. The number of aromatic nitrogens is 2. The van der Waals surface area contributed by atoms with Crippen molar-refractivity contribution >= 4 is 23.1 Å². The number of halogens is 3. The van der Waals surface area contributed by atoms with E-state index in [1.807, 2.05) is 18.2 Å². The van der Waals surface area contributed by atoms with Gasteiger partial charge < -0.3 is 9.84 Å². The van der Waals surface area contributed by atoms with Crippen LogP contribution in [0.15, 0.2) is 28.6 Å². The third-order valence-electron chi connectivity index (χ3n) is 3.17. The molecule has 25 heavy (non-hydrogen) atoms. The minimum atomic E-state index is -4.37. The Balaban J connectivity index is 1.76. The van der Waals surface area contributed by atoms with Crippen LogP contribution in [0.5, 0.6) is 5.75 Å². The lowest BCUT2D eigenvalue weighted by atomic mass is 10.2. The molecule has 2 rings (SSSR count). The van der Waals surface area contributed by atoms with Crippen LogP contribution in [0.4, 0.5) is 13.2 Å². The first-order valence-electron chi connectivity index (χ1n) is 7.31. The van der Waals surface area contributed by atoms with E-state index in [0.717, 1.165) is 21.5 Å². The van der Waals surface area contributed by atoms with Gasteiger partial charge in [-0.3, -0.25) is 4.90 Å². The van der Waals surface area contributed by atoms with Gasteiger partial charge in [0.25, 0.3) is 0 Å². The first kappa shape index (κ1) is 20.0. The molecule has 0 spiro atoms. The topological polar surface area (TPSA) is 58.5 Å². The van der Waals surface area contributed by atoms with Crippen molar-refractivity contribution in [3.63, 3.8) is 0 Å². The summed E-state index contributed by atoms with van der Waals surface area (Å²) in [5.74, 6) is 0.281. The summed E-state index contributed by atoms with van der Waals surface area (Å²) in [7, 11) is 1.83. The summed E-state index contributed by atoms with van der Waals surface area (Å²) in [6.07, 6.45) is -3.22. The number of rotatable bonds is 8. The van der Waals surface area contributed by atoms with E-state index in [1.54, 1.807) is 0 Å². The molecule has 0 fully saturated rings. The Morgan fingerprint density at radius 3 is 2.52 bits per heavy atom. The van der Waals surface area contributed by atoms with Crippen LogP contribution in [0.1, 0.15) is 10.6 Å². The van der Waals surface area contributed by atoms with Crippen molar-refractivity contribution < 1.29 is 23.0 Å². The number of ether oxygens (including phenoxy) is 1. The fourth-order valence-corrected chi connectivity index (χ4v) is 3.42. The number of nitrogens with zero attached hydrogens (tertiary/aromatic N) is 3. The fraction of sp³-hybridized carbons (Fsp3) is 0.467. The largest absolute Gasteiger partial charge is 0.491 e. The number of alkyl halides is 3. The number of thioether (sulfide) groups is 1. The molecule has 138 valence electrons. The van der Waals surface area contributed by atoms with Gasteiger partial charge in [0, 0.05) is 6.54 Å². The highest BCUT2D eigenvalue weighted by Crippen LogP contribution is 2.30. The predicted octanol–water partition coefficient (Wildman–Crippen LogP) is 3.15. The summed E-state index contributed by atoms with van der Waals surface area (Å²) >= 11 is 3.02. The van der Waals surface area contributed by atoms with Crippen molar-refractivity contribution in [3.05, 3.63) is 34.8 Å². The summed E-state index contributed by atoms with van der Waals surface area (Å²) in [5, 5.41) is 18.9. The molecule has 0 radical (unpaired) electrons. The number of hydrogen-bond acceptors (Lipinski definition) is 7. The molecule has 1 atom stereocenters. The maximum Gasteiger partial charge on any atom is 0.416 e. The molecule has 0 bridgehead atoms. The number of hydrogen-bond donors (Lipinski definition) is 1. The Kier molecular flexibility index (Phi) is 7.05. The maximum absolute atomic E-state index is 12.5. The van der Waals surface area contributed by atoms with Crippen LogP contribution in [0.25, 0.3) is 0 Å². The number of aliphatic hydroxyl groups is 1. The fourth-order valence-electron chi connectivity index (χ4n) is 2.03. The van der Waals surface area contributed by atoms with Crippen LogP contribution in [0.2, 0.25) is 0 Å². The monoisotopic (exact) mass is 393 g/mol. The first-order chi connectivity index (χ1) is 11.8. The summed E-state index contributed by atoms with van der Waals surface area (Å²) in [4.78, 5) is 1.88. The zero-order valence-corrected chi connectivity index (χ0v) is 15.3. The summed E-state index contributed by atoms with van der Waals surface area (Å²) in [6.45, 7) is 0.881. The van der Waals surface area contributed by atoms with Gasteiger partial charge in [-0.05, 0) is 37.6 Å². The Morgan fingerprint density at radius 1 is 1.28 bits per heavy atom. The molecular formula is C15H18F3N3O2S2. The van der Waals surface area contributed by atoms with Gasteiger partial charge >= 0.3 is 6.18 Å². The smallest absolute Gasteiger partial charge is 0.416 e. The second-order valence-electron chi connectivity index (χ2n) is 5.35. The van der Waals surface area contributed by atoms with Gasteiger partial charge in [0.05, 0.1) is 12.1 Å². The van der Waals surface area contributed by atoms with Crippen molar-refractivity contribution in [2.24, 2.45) is 0 Å². The van der Waals surface area contributed by atoms with Gasteiger partial charge in [-0.2, -0.15) is 13.2 Å². The van der Waals surface area contributed by atoms with Crippen molar-refractivity contribution in [2.75, 3.05) is 26.5 Å². The van der Waals surface area contributed by atoms with Crippen molar-refractivity contribution in [2.45, 2.75) is 23.2 Å². The Hall–Kier alpha value is -1.36. The van der Waals surface area contributed by atoms with E-state index in [9.17, 15) is 18.3 Å². The van der Waals surface area contributed by atoms with Crippen LogP contribution in [-0.2, 0) is 12.7 Å². The second-order valence-corrected chi connectivity index (χ2v) is 7.46. The van der Waals surface area contributed by atoms with E-state index in [0.29, 0.717) is 13.1 Å². The third-order valence-corrected chi connectivity index (χ3v) is 5.06. The standard InChI is InChI=1S/C15H18F3N3O2S2/c1-21(8-13-19-20-14(24-2)25-13)7-11(22)9-23-12-5-3-10(4-6-12)15(16,17)18/h3-6,11,22H,7-9H2,1-2H3. The molecule has 5 nitrogen and oxygen atoms in total. The minimum Gasteiger partial charge on any atom is -0.491 e. The summed E-state index contributed by atoms with van der Waals surface area (Å²) < 4.78 is 43.7. The molecule has 0 amide bonds. The molecule has 1 unspecified atom stereocenters. The number of aliphatic hydroxyl groups excluding tert-OH is 1. The van der Waals surface area contributed by atoms with Gasteiger partial charge in [-0.25, -0.2) is 0 Å². The summed E-state index contributed by atoms with van der Waals surface area (Å²) in [6, 6.07) is 4.38. The lowest BCUT2D eigenvalue weighted by Crippen LogP contribution is -2.32. The molecule has 0 aliphatic heterocycles. The van der Waals surface area contributed by atoms with Crippen LogP contribution < -0.4 is 4.74 Å². The van der Waals surface area contributed by atoms with Gasteiger partial charge in [0.1, 0.15) is 23.5 Å². The Labute approximate surface area is 151 Å². The molecule has 1 aromatic heterocycles. The lowest BCUT2D eigenvalue weighted by molar-refractivity contribution is -0.137. The van der Waals surface area contributed by atoms with Crippen molar-refractivity contribution in [1.82, 2.24) is 15.1 Å². The molecular weight excluding hydrogens is 375 g/mol. The average molecular weight is 393 g/mol. The molecule has 1 N–H and O–H groups in total. The van der Waals surface area contributed by atoms with Gasteiger partial charge in [0.15, 0.2) is 4.34 Å². The molecule has 1 aromatic carbocycles. The molecule has 2 aromatic rings. The van der Waals surface area contributed by atoms with Crippen LogP contribution >= 0.6 is 23.1 Å². The van der Waals surface area contributed by atoms with Crippen LogP contribution in [0.3, 0.4) is 0 Å². The Morgan fingerprint density at radius 2 is 1.96 bits per heavy atom. The molecule has 0 saturated heterocycles. The van der Waals surface area contributed by atoms with Crippen LogP contribution in [-0.4, -0.2) is 52.8 Å². The zero-order valence-electron chi connectivity index (χ0n) is 13.7. The zero-order chi connectivity index (χ0) is 18.4.